The van der Waals surface area contributed by atoms with Crippen LogP contribution < -0.4 is 4.74 Å². The molecule has 6 heteroatoms. The predicted octanol–water partition coefficient (Wildman–Crippen LogP) is 2.69. The Morgan fingerprint density at radius 3 is 2.08 bits per heavy atom. The second-order valence-electron chi connectivity index (χ2n) is 6.04. The van der Waals surface area contributed by atoms with E-state index in [1.807, 2.05) is 12.1 Å². The summed E-state index contributed by atoms with van der Waals surface area (Å²) in [5, 5.41) is 0. The Balaban J connectivity index is 1.52. The van der Waals surface area contributed by atoms with Gasteiger partial charge < -0.3 is 4.74 Å². The van der Waals surface area contributed by atoms with Gasteiger partial charge in [0.15, 0.2) is 0 Å². The van der Waals surface area contributed by atoms with Crippen molar-refractivity contribution in [2.45, 2.75) is 13.1 Å². The first kappa shape index (κ1) is 16.8. The lowest BCUT2D eigenvalue weighted by molar-refractivity contribution is 0.122. The van der Waals surface area contributed by atoms with Crippen molar-refractivity contribution in [2.24, 2.45) is 0 Å². The van der Waals surface area contributed by atoms with Gasteiger partial charge in [0, 0.05) is 57.6 Å². The average Bonchev–Trinajstić information content (AvgIpc) is 2.56. The summed E-state index contributed by atoms with van der Waals surface area (Å²) >= 11 is 0. The summed E-state index contributed by atoms with van der Waals surface area (Å²) < 4.78 is 31.7. The molecule has 0 amide bonds. The Bertz CT molecular complexity index is 667. The molecule has 0 spiro atoms. The highest BCUT2D eigenvalue weighted by Gasteiger charge is 2.17. The molecule has 0 bridgehead atoms. The summed E-state index contributed by atoms with van der Waals surface area (Å²) in [6.07, 6.45) is 1.75. The third kappa shape index (κ3) is 4.49. The molecular weight excluding hydrogens is 312 g/mol. The zero-order valence-corrected chi connectivity index (χ0v) is 13.7. The van der Waals surface area contributed by atoms with E-state index in [1.54, 1.807) is 13.3 Å². The summed E-state index contributed by atoms with van der Waals surface area (Å²) in [5.74, 6) is -0.412. The summed E-state index contributed by atoms with van der Waals surface area (Å²) in [6.45, 7) is 5.01. The highest BCUT2D eigenvalue weighted by Crippen LogP contribution is 2.15. The quantitative estimate of drug-likeness (QED) is 0.841. The van der Waals surface area contributed by atoms with Crippen LogP contribution in [0.2, 0.25) is 0 Å². The number of nitrogens with zero attached hydrogens (tertiary/aromatic N) is 3. The van der Waals surface area contributed by atoms with Gasteiger partial charge in [0.2, 0.25) is 5.88 Å². The van der Waals surface area contributed by atoms with E-state index in [1.165, 1.54) is 17.7 Å². The van der Waals surface area contributed by atoms with Crippen LogP contribution in [0, 0.1) is 11.6 Å². The first-order chi connectivity index (χ1) is 11.6. The van der Waals surface area contributed by atoms with Gasteiger partial charge in [-0.2, -0.15) is 0 Å². The van der Waals surface area contributed by atoms with Crippen molar-refractivity contribution >= 4 is 0 Å². The number of hydrogen-bond acceptors (Lipinski definition) is 4. The van der Waals surface area contributed by atoms with E-state index in [4.69, 9.17) is 4.74 Å². The minimum atomic E-state index is -0.518. The molecule has 0 aliphatic carbocycles. The van der Waals surface area contributed by atoms with E-state index in [9.17, 15) is 8.78 Å². The van der Waals surface area contributed by atoms with Crippen LogP contribution in [0.3, 0.4) is 0 Å². The smallest absolute Gasteiger partial charge is 0.213 e. The standard InChI is InChI=1S/C18H21F2N3O/c1-24-18-10-14(2-3-21-18)12-22-4-6-23(7-5-22)13-15-8-16(19)11-17(20)9-15/h2-3,8-11H,4-7,12-13H2,1H3. The summed E-state index contributed by atoms with van der Waals surface area (Å²) in [6, 6.07) is 7.65. The van der Waals surface area contributed by atoms with Gasteiger partial charge in [0.05, 0.1) is 7.11 Å². The normalized spacial score (nSPS) is 16.3. The Labute approximate surface area is 140 Å². The fraction of sp³-hybridized carbons (Fsp3) is 0.389. The maximum atomic E-state index is 13.3. The van der Waals surface area contributed by atoms with Crippen LogP contribution in [-0.4, -0.2) is 48.1 Å². The molecule has 0 radical (unpaired) electrons. The lowest BCUT2D eigenvalue weighted by Crippen LogP contribution is -2.45. The second kappa shape index (κ2) is 7.68. The van der Waals surface area contributed by atoms with E-state index >= 15 is 0 Å². The molecule has 3 rings (SSSR count). The van der Waals surface area contributed by atoms with Gasteiger partial charge in [-0.15, -0.1) is 0 Å². The summed E-state index contributed by atoms with van der Waals surface area (Å²) in [5.41, 5.74) is 1.85. The number of piperazine rings is 1. The van der Waals surface area contributed by atoms with Gasteiger partial charge >= 0.3 is 0 Å². The molecule has 4 nitrogen and oxygen atoms in total. The molecule has 128 valence electrons. The number of ether oxygens (including phenoxy) is 1. The van der Waals surface area contributed by atoms with Crippen molar-refractivity contribution in [1.29, 1.82) is 0 Å². The third-order valence-corrected chi connectivity index (χ3v) is 4.21. The largest absolute Gasteiger partial charge is 0.481 e. The van der Waals surface area contributed by atoms with Crippen LogP contribution in [-0.2, 0) is 13.1 Å². The zero-order chi connectivity index (χ0) is 16.9. The van der Waals surface area contributed by atoms with Gasteiger partial charge in [-0.25, -0.2) is 13.8 Å². The highest BCUT2D eigenvalue weighted by atomic mass is 19.1. The van der Waals surface area contributed by atoms with E-state index in [0.717, 1.165) is 38.8 Å². The minimum absolute atomic E-state index is 0.518. The number of methoxy groups -OCH3 is 1. The van der Waals surface area contributed by atoms with Crippen LogP contribution >= 0.6 is 0 Å². The molecule has 0 N–H and O–H groups in total. The maximum absolute atomic E-state index is 13.3. The van der Waals surface area contributed by atoms with Gasteiger partial charge in [0.1, 0.15) is 11.6 Å². The number of rotatable bonds is 5. The Morgan fingerprint density at radius 2 is 1.50 bits per heavy atom. The molecule has 0 atom stereocenters. The molecule has 1 saturated heterocycles. The lowest BCUT2D eigenvalue weighted by Gasteiger charge is -2.34. The number of halogens is 2. The molecule has 1 aromatic heterocycles. The van der Waals surface area contributed by atoms with Crippen LogP contribution in [0.5, 0.6) is 5.88 Å². The lowest BCUT2D eigenvalue weighted by atomic mass is 10.1. The summed E-state index contributed by atoms with van der Waals surface area (Å²) in [7, 11) is 1.61. The van der Waals surface area contributed by atoms with Gasteiger partial charge in [-0.05, 0) is 29.3 Å². The summed E-state index contributed by atoms with van der Waals surface area (Å²) in [4.78, 5) is 8.69. The fourth-order valence-electron chi connectivity index (χ4n) is 2.98. The molecule has 24 heavy (non-hydrogen) atoms. The van der Waals surface area contributed by atoms with Gasteiger partial charge in [-0.1, -0.05) is 0 Å². The Kier molecular flexibility index (Phi) is 5.37. The SMILES string of the molecule is COc1cc(CN2CCN(Cc3cc(F)cc(F)c3)CC2)ccn1. The molecule has 1 aliphatic heterocycles. The number of benzene rings is 1. The van der Waals surface area contributed by atoms with E-state index in [-0.39, 0.29) is 0 Å². The fourth-order valence-corrected chi connectivity index (χ4v) is 2.98. The Morgan fingerprint density at radius 1 is 0.917 bits per heavy atom. The zero-order valence-electron chi connectivity index (χ0n) is 13.7. The van der Waals surface area contributed by atoms with Gasteiger partial charge in [0.25, 0.3) is 0 Å². The Hall–Kier alpha value is -2.05. The van der Waals surface area contributed by atoms with Crippen molar-refractivity contribution in [3.8, 4) is 5.88 Å². The number of pyridine rings is 1. The minimum Gasteiger partial charge on any atom is -0.481 e. The number of hydrogen-bond donors (Lipinski definition) is 0. The van der Waals surface area contributed by atoms with Crippen LogP contribution in [0.15, 0.2) is 36.5 Å². The van der Waals surface area contributed by atoms with Crippen molar-refractivity contribution in [2.75, 3.05) is 33.3 Å². The first-order valence-electron chi connectivity index (χ1n) is 8.01. The first-order valence-corrected chi connectivity index (χ1v) is 8.01. The highest BCUT2D eigenvalue weighted by molar-refractivity contribution is 5.20. The molecule has 1 aliphatic rings. The van der Waals surface area contributed by atoms with E-state index in [2.05, 4.69) is 14.8 Å². The van der Waals surface area contributed by atoms with Crippen molar-refractivity contribution in [3.05, 3.63) is 59.3 Å². The van der Waals surface area contributed by atoms with Crippen molar-refractivity contribution in [3.63, 3.8) is 0 Å². The molecule has 2 aromatic rings. The van der Waals surface area contributed by atoms with Crippen molar-refractivity contribution in [1.82, 2.24) is 14.8 Å². The molecule has 2 heterocycles. The van der Waals surface area contributed by atoms with E-state index in [0.29, 0.717) is 18.0 Å². The molecule has 0 saturated carbocycles. The molecule has 0 unspecified atom stereocenters. The molecule has 1 aromatic carbocycles. The monoisotopic (exact) mass is 333 g/mol. The van der Waals surface area contributed by atoms with Crippen LogP contribution in [0.25, 0.3) is 0 Å². The van der Waals surface area contributed by atoms with E-state index < -0.39 is 11.6 Å². The average molecular weight is 333 g/mol. The van der Waals surface area contributed by atoms with Crippen molar-refractivity contribution < 1.29 is 13.5 Å². The molecule has 1 fully saturated rings. The second-order valence-corrected chi connectivity index (χ2v) is 6.04. The topological polar surface area (TPSA) is 28.6 Å². The van der Waals surface area contributed by atoms with Crippen LogP contribution in [0.4, 0.5) is 8.78 Å². The molecular formula is C18H21F2N3O. The predicted molar refractivity (Wildman–Crippen MR) is 87.7 cm³/mol. The van der Waals surface area contributed by atoms with Crippen LogP contribution in [0.1, 0.15) is 11.1 Å². The maximum Gasteiger partial charge on any atom is 0.213 e. The third-order valence-electron chi connectivity index (χ3n) is 4.21. The number of aromatic nitrogens is 1. The van der Waals surface area contributed by atoms with Gasteiger partial charge in [-0.3, -0.25) is 9.80 Å².